The lowest BCUT2D eigenvalue weighted by molar-refractivity contribution is -0.132. The monoisotopic (exact) mass is 399 g/mol. The first kappa shape index (κ1) is 18.5. The number of amides is 1. The van der Waals surface area contributed by atoms with Crippen molar-refractivity contribution in [1.29, 1.82) is 0 Å². The molecule has 4 rings (SSSR count). The fourth-order valence-corrected chi connectivity index (χ4v) is 3.23. The molecule has 2 aromatic carbocycles. The minimum absolute atomic E-state index is 0.0523. The summed E-state index contributed by atoms with van der Waals surface area (Å²) in [4.78, 5) is 26.2. The van der Waals surface area contributed by atoms with Crippen LogP contribution in [0.15, 0.2) is 70.9 Å². The second-order valence-corrected chi connectivity index (χ2v) is 6.29. The molecule has 1 aromatic heterocycles. The van der Waals surface area contributed by atoms with Crippen molar-refractivity contribution < 1.29 is 32.3 Å². The smallest absolute Gasteiger partial charge is 0.300 e. The third-order valence-corrected chi connectivity index (χ3v) is 4.54. The Kier molecular flexibility index (Phi) is 4.46. The van der Waals surface area contributed by atoms with Crippen LogP contribution in [0.3, 0.4) is 0 Å². The number of benzene rings is 2. The fraction of sp³-hybridized carbons (Fsp3) is 0.0476. The third kappa shape index (κ3) is 3.08. The molecule has 1 saturated heterocycles. The molecule has 1 aliphatic heterocycles. The lowest BCUT2D eigenvalue weighted by atomic mass is 9.99. The quantitative estimate of drug-likeness (QED) is 0.405. The number of anilines is 1. The van der Waals surface area contributed by atoms with Gasteiger partial charge in [-0.2, -0.15) is 0 Å². The Balaban J connectivity index is 1.95. The number of Topliss-reactive ketones (excluding diaryl/α,β-unsaturated/α-hetero) is 1. The summed E-state index contributed by atoms with van der Waals surface area (Å²) in [6.07, 6.45) is 1.27. The Bertz CT molecular complexity index is 1140. The largest absolute Gasteiger partial charge is 0.507 e. The molecule has 5 nitrogen and oxygen atoms in total. The molecule has 3 aromatic rings. The molecule has 0 radical (unpaired) electrons. The average Bonchev–Trinajstić information content (AvgIpc) is 3.31. The van der Waals surface area contributed by atoms with Gasteiger partial charge in [-0.1, -0.05) is 0 Å². The number of carbonyl (C=O) groups is 2. The van der Waals surface area contributed by atoms with E-state index >= 15 is 0 Å². The minimum Gasteiger partial charge on any atom is -0.507 e. The molecule has 0 spiro atoms. The highest BCUT2D eigenvalue weighted by Crippen LogP contribution is 2.43. The van der Waals surface area contributed by atoms with E-state index < -0.39 is 46.6 Å². The lowest BCUT2D eigenvalue weighted by Gasteiger charge is -2.23. The molecular formula is C21H12F3NO4. The van der Waals surface area contributed by atoms with E-state index in [4.69, 9.17) is 4.42 Å². The second-order valence-electron chi connectivity index (χ2n) is 6.29. The van der Waals surface area contributed by atoms with Crippen LogP contribution in [-0.2, 0) is 9.59 Å². The van der Waals surface area contributed by atoms with Gasteiger partial charge in [-0.15, -0.1) is 0 Å². The number of nitrogens with zero attached hydrogens (tertiary/aromatic N) is 1. The van der Waals surface area contributed by atoms with Crippen LogP contribution in [0.25, 0.3) is 5.76 Å². The highest BCUT2D eigenvalue weighted by Gasteiger charge is 2.49. The standard InChI is InChI=1S/C21H12F3NO4/c22-12-5-3-11(4-6-12)19(26)17-18(16-2-1-9-29-16)25(21(28)20(17)27)15-10-13(23)7-8-14(15)24/h1-10,18,26H/b19-17-. The summed E-state index contributed by atoms with van der Waals surface area (Å²) >= 11 is 0. The van der Waals surface area contributed by atoms with Crippen LogP contribution in [0, 0.1) is 17.5 Å². The van der Waals surface area contributed by atoms with Gasteiger partial charge in [-0.25, -0.2) is 13.2 Å². The van der Waals surface area contributed by atoms with Crippen LogP contribution in [0.2, 0.25) is 0 Å². The van der Waals surface area contributed by atoms with Gasteiger partial charge >= 0.3 is 0 Å². The molecule has 0 bridgehead atoms. The van der Waals surface area contributed by atoms with Gasteiger partial charge in [0, 0.05) is 11.6 Å². The molecule has 29 heavy (non-hydrogen) atoms. The third-order valence-electron chi connectivity index (χ3n) is 4.54. The van der Waals surface area contributed by atoms with Crippen LogP contribution in [0.1, 0.15) is 17.4 Å². The minimum atomic E-state index is -1.34. The maximum Gasteiger partial charge on any atom is 0.300 e. The van der Waals surface area contributed by atoms with E-state index in [-0.39, 0.29) is 16.9 Å². The SMILES string of the molecule is O=C1C(=O)N(c2cc(F)ccc2F)C(c2ccco2)/C1=C(/O)c1ccc(F)cc1. The zero-order valence-corrected chi connectivity index (χ0v) is 14.6. The number of halogens is 3. The summed E-state index contributed by atoms with van der Waals surface area (Å²) in [7, 11) is 0. The van der Waals surface area contributed by atoms with Gasteiger partial charge in [0.05, 0.1) is 17.5 Å². The molecule has 1 fully saturated rings. The number of rotatable bonds is 3. The molecule has 1 unspecified atom stereocenters. The maximum atomic E-state index is 14.4. The zero-order valence-electron chi connectivity index (χ0n) is 14.6. The van der Waals surface area contributed by atoms with E-state index in [2.05, 4.69) is 0 Å². The Morgan fingerprint density at radius 1 is 0.966 bits per heavy atom. The molecule has 1 N–H and O–H groups in total. The van der Waals surface area contributed by atoms with Crippen molar-refractivity contribution in [3.63, 3.8) is 0 Å². The number of furan rings is 1. The number of aliphatic hydroxyl groups is 1. The van der Waals surface area contributed by atoms with Crippen molar-refractivity contribution in [3.05, 3.63) is 95.2 Å². The topological polar surface area (TPSA) is 70.8 Å². The zero-order chi connectivity index (χ0) is 20.7. The Hall–Kier alpha value is -3.81. The summed E-state index contributed by atoms with van der Waals surface area (Å²) in [5.74, 6) is -5.14. The van der Waals surface area contributed by atoms with Crippen molar-refractivity contribution in [2.24, 2.45) is 0 Å². The first-order valence-corrected chi connectivity index (χ1v) is 8.44. The number of hydrogen-bond acceptors (Lipinski definition) is 4. The molecule has 1 amide bonds. The van der Waals surface area contributed by atoms with Gasteiger partial charge in [-0.3, -0.25) is 14.5 Å². The normalized spacial score (nSPS) is 18.4. The van der Waals surface area contributed by atoms with Gasteiger partial charge in [0.2, 0.25) is 0 Å². The van der Waals surface area contributed by atoms with Crippen molar-refractivity contribution in [1.82, 2.24) is 0 Å². The summed E-state index contributed by atoms with van der Waals surface area (Å²) in [6.45, 7) is 0. The lowest BCUT2D eigenvalue weighted by Crippen LogP contribution is -2.30. The number of hydrogen-bond donors (Lipinski definition) is 1. The molecule has 1 atom stereocenters. The Morgan fingerprint density at radius 2 is 1.66 bits per heavy atom. The summed E-state index contributed by atoms with van der Waals surface area (Å²) < 4.78 is 46.7. The average molecular weight is 399 g/mol. The predicted octanol–water partition coefficient (Wildman–Crippen LogP) is 4.32. The van der Waals surface area contributed by atoms with E-state index in [9.17, 15) is 27.9 Å². The molecule has 146 valence electrons. The van der Waals surface area contributed by atoms with Gasteiger partial charge < -0.3 is 9.52 Å². The second kappa shape index (κ2) is 6.97. The van der Waals surface area contributed by atoms with Gasteiger partial charge in [0.1, 0.15) is 35.0 Å². The predicted molar refractivity (Wildman–Crippen MR) is 96.2 cm³/mol. The van der Waals surface area contributed by atoms with Crippen LogP contribution >= 0.6 is 0 Å². The number of carbonyl (C=O) groups excluding carboxylic acids is 2. The number of aliphatic hydroxyl groups excluding tert-OH is 1. The molecule has 1 aliphatic rings. The number of ketones is 1. The van der Waals surface area contributed by atoms with Crippen molar-refractivity contribution in [2.75, 3.05) is 4.90 Å². The first-order chi connectivity index (χ1) is 13.9. The van der Waals surface area contributed by atoms with Crippen LogP contribution in [0.4, 0.5) is 18.9 Å². The highest BCUT2D eigenvalue weighted by atomic mass is 19.1. The van der Waals surface area contributed by atoms with Crippen molar-refractivity contribution >= 4 is 23.1 Å². The maximum absolute atomic E-state index is 14.4. The Morgan fingerprint density at radius 3 is 2.31 bits per heavy atom. The van der Waals surface area contributed by atoms with Gasteiger partial charge in [0.15, 0.2) is 0 Å². The van der Waals surface area contributed by atoms with E-state index in [1.54, 1.807) is 0 Å². The molecule has 0 saturated carbocycles. The summed E-state index contributed by atoms with van der Waals surface area (Å²) in [6, 6.07) is 8.62. The van der Waals surface area contributed by atoms with Crippen molar-refractivity contribution in [2.45, 2.75) is 6.04 Å². The first-order valence-electron chi connectivity index (χ1n) is 8.44. The van der Waals surface area contributed by atoms with E-state index in [1.807, 2.05) is 0 Å². The van der Waals surface area contributed by atoms with Gasteiger partial charge in [0.25, 0.3) is 11.7 Å². The summed E-state index contributed by atoms with van der Waals surface area (Å²) in [5.41, 5.74) is -0.799. The van der Waals surface area contributed by atoms with Crippen LogP contribution in [0.5, 0.6) is 0 Å². The van der Waals surface area contributed by atoms with E-state index in [0.29, 0.717) is 0 Å². The van der Waals surface area contributed by atoms with Crippen LogP contribution in [-0.4, -0.2) is 16.8 Å². The molecular weight excluding hydrogens is 387 g/mol. The van der Waals surface area contributed by atoms with Gasteiger partial charge in [-0.05, 0) is 48.5 Å². The van der Waals surface area contributed by atoms with Crippen molar-refractivity contribution in [3.8, 4) is 0 Å². The molecule has 0 aliphatic carbocycles. The fourth-order valence-electron chi connectivity index (χ4n) is 3.23. The van der Waals surface area contributed by atoms with E-state index in [1.165, 1.54) is 30.5 Å². The Labute approximate surface area is 162 Å². The summed E-state index contributed by atoms with van der Waals surface area (Å²) in [5, 5.41) is 10.7. The molecule has 2 heterocycles. The molecule has 8 heteroatoms. The van der Waals surface area contributed by atoms with Crippen LogP contribution < -0.4 is 4.90 Å². The van der Waals surface area contributed by atoms with E-state index in [0.717, 1.165) is 35.2 Å². The highest BCUT2D eigenvalue weighted by molar-refractivity contribution is 6.51.